The van der Waals surface area contributed by atoms with Gasteiger partial charge in [0.25, 0.3) is 0 Å². The SMILES string of the molecule is CCOCCCNCc1ccnn1C(F)F.Cl. The third-order valence-corrected chi connectivity index (χ3v) is 2.09. The maximum absolute atomic E-state index is 12.4. The van der Waals surface area contributed by atoms with Crippen LogP contribution < -0.4 is 5.32 Å². The summed E-state index contributed by atoms with van der Waals surface area (Å²) in [6, 6.07) is 1.59. The van der Waals surface area contributed by atoms with Crippen molar-refractivity contribution >= 4 is 12.4 Å². The molecule has 0 fully saturated rings. The van der Waals surface area contributed by atoms with Gasteiger partial charge in [0, 0.05) is 26.0 Å². The third kappa shape index (κ3) is 5.95. The zero-order valence-electron chi connectivity index (χ0n) is 9.73. The van der Waals surface area contributed by atoms with Crippen molar-refractivity contribution in [2.24, 2.45) is 0 Å². The molecule has 0 aliphatic rings. The Kier molecular flexibility index (Phi) is 8.93. The van der Waals surface area contributed by atoms with E-state index in [1.54, 1.807) is 6.07 Å². The van der Waals surface area contributed by atoms with Crippen LogP contribution in [0.1, 0.15) is 25.6 Å². The molecule has 0 unspecified atom stereocenters. The summed E-state index contributed by atoms with van der Waals surface area (Å²) in [4.78, 5) is 0. The molecule has 7 heteroatoms. The zero-order valence-corrected chi connectivity index (χ0v) is 10.6. The van der Waals surface area contributed by atoms with Gasteiger partial charge in [0.2, 0.25) is 0 Å². The fourth-order valence-electron chi connectivity index (χ4n) is 1.32. The summed E-state index contributed by atoms with van der Waals surface area (Å²) in [6.07, 6.45) is 2.25. The third-order valence-electron chi connectivity index (χ3n) is 2.09. The maximum atomic E-state index is 12.4. The Morgan fingerprint density at radius 3 is 2.94 bits per heavy atom. The van der Waals surface area contributed by atoms with Gasteiger partial charge >= 0.3 is 6.55 Å². The number of aromatic nitrogens is 2. The van der Waals surface area contributed by atoms with Crippen LogP contribution in [0, 0.1) is 0 Å². The molecule has 1 rings (SSSR count). The molecule has 0 aromatic carbocycles. The predicted molar refractivity (Wildman–Crippen MR) is 63.5 cm³/mol. The average Bonchev–Trinajstić information content (AvgIpc) is 2.71. The van der Waals surface area contributed by atoms with E-state index in [4.69, 9.17) is 4.74 Å². The fourth-order valence-corrected chi connectivity index (χ4v) is 1.32. The van der Waals surface area contributed by atoms with Crippen LogP contribution in [0.3, 0.4) is 0 Å². The van der Waals surface area contributed by atoms with Crippen LogP contribution >= 0.6 is 12.4 Å². The van der Waals surface area contributed by atoms with Gasteiger partial charge in [-0.15, -0.1) is 12.4 Å². The predicted octanol–water partition coefficient (Wildman–Crippen LogP) is 2.22. The Bertz CT molecular complexity index is 297. The molecular weight excluding hydrogens is 252 g/mol. The van der Waals surface area contributed by atoms with Crippen molar-refractivity contribution in [2.75, 3.05) is 19.8 Å². The number of ether oxygens (including phenoxy) is 1. The summed E-state index contributed by atoms with van der Waals surface area (Å²) in [7, 11) is 0. The lowest BCUT2D eigenvalue weighted by atomic mass is 10.4. The Morgan fingerprint density at radius 2 is 2.29 bits per heavy atom. The number of nitrogens with zero attached hydrogens (tertiary/aromatic N) is 2. The zero-order chi connectivity index (χ0) is 11.8. The van der Waals surface area contributed by atoms with Gasteiger partial charge in [0.05, 0.1) is 5.69 Å². The summed E-state index contributed by atoms with van der Waals surface area (Å²) in [5.74, 6) is 0. The van der Waals surface area contributed by atoms with Gasteiger partial charge in [-0.2, -0.15) is 13.9 Å². The molecule has 0 aliphatic carbocycles. The lowest BCUT2D eigenvalue weighted by Crippen LogP contribution is -2.19. The van der Waals surface area contributed by atoms with Gasteiger partial charge < -0.3 is 10.1 Å². The summed E-state index contributed by atoms with van der Waals surface area (Å²) in [6.45, 7) is 1.91. The van der Waals surface area contributed by atoms with Gasteiger partial charge in [-0.3, -0.25) is 0 Å². The second-order valence-corrected chi connectivity index (χ2v) is 3.27. The lowest BCUT2D eigenvalue weighted by molar-refractivity contribution is 0.0530. The normalized spacial score (nSPS) is 10.6. The molecule has 1 aromatic rings. The second-order valence-electron chi connectivity index (χ2n) is 3.27. The van der Waals surface area contributed by atoms with Crippen LogP contribution in [-0.4, -0.2) is 29.5 Å². The van der Waals surface area contributed by atoms with Gasteiger partial charge in [-0.25, -0.2) is 4.68 Å². The molecule has 0 aliphatic heterocycles. The van der Waals surface area contributed by atoms with Crippen LogP contribution in [0.25, 0.3) is 0 Å². The first-order valence-electron chi connectivity index (χ1n) is 5.34. The molecule has 1 N–H and O–H groups in total. The van der Waals surface area contributed by atoms with Gasteiger partial charge in [0.15, 0.2) is 0 Å². The van der Waals surface area contributed by atoms with E-state index in [1.807, 2.05) is 6.92 Å². The van der Waals surface area contributed by atoms with Gasteiger partial charge in [-0.1, -0.05) is 0 Å². The molecule has 1 aromatic heterocycles. The van der Waals surface area contributed by atoms with Gasteiger partial charge in [0.1, 0.15) is 0 Å². The van der Waals surface area contributed by atoms with Crippen molar-refractivity contribution in [1.82, 2.24) is 15.1 Å². The van der Waals surface area contributed by atoms with E-state index < -0.39 is 6.55 Å². The molecule has 0 saturated carbocycles. The first kappa shape index (κ1) is 16.3. The molecule has 0 bridgehead atoms. The molecule has 0 radical (unpaired) electrons. The molecule has 4 nitrogen and oxygen atoms in total. The van der Waals surface area contributed by atoms with E-state index in [1.165, 1.54) is 6.20 Å². The molecule has 0 atom stereocenters. The van der Waals surface area contributed by atoms with E-state index in [2.05, 4.69) is 10.4 Å². The van der Waals surface area contributed by atoms with Crippen LogP contribution in [0.2, 0.25) is 0 Å². The van der Waals surface area contributed by atoms with E-state index in [9.17, 15) is 8.78 Å². The molecule has 100 valence electrons. The molecule has 17 heavy (non-hydrogen) atoms. The minimum absolute atomic E-state index is 0. The second kappa shape index (κ2) is 9.32. The van der Waals surface area contributed by atoms with E-state index in [0.717, 1.165) is 17.6 Å². The number of rotatable bonds is 8. The number of alkyl halides is 2. The Labute approximate surface area is 106 Å². The fraction of sp³-hybridized carbons (Fsp3) is 0.700. The highest BCUT2D eigenvalue weighted by atomic mass is 35.5. The van der Waals surface area contributed by atoms with Crippen molar-refractivity contribution in [1.29, 1.82) is 0 Å². The maximum Gasteiger partial charge on any atom is 0.333 e. The molecule has 0 saturated heterocycles. The van der Waals surface area contributed by atoms with Crippen molar-refractivity contribution in [3.8, 4) is 0 Å². The highest BCUT2D eigenvalue weighted by molar-refractivity contribution is 5.85. The molecule has 1 heterocycles. The average molecular weight is 270 g/mol. The monoisotopic (exact) mass is 269 g/mol. The van der Waals surface area contributed by atoms with Gasteiger partial charge in [-0.05, 0) is 26.0 Å². The smallest absolute Gasteiger partial charge is 0.333 e. The number of halogens is 3. The molecule has 0 spiro atoms. The van der Waals surface area contributed by atoms with Crippen molar-refractivity contribution in [2.45, 2.75) is 26.4 Å². The summed E-state index contributed by atoms with van der Waals surface area (Å²) >= 11 is 0. The first-order chi connectivity index (χ1) is 7.75. The van der Waals surface area contributed by atoms with Crippen molar-refractivity contribution in [3.05, 3.63) is 18.0 Å². The van der Waals surface area contributed by atoms with Crippen molar-refractivity contribution in [3.63, 3.8) is 0 Å². The Hall–Kier alpha value is -0.720. The van der Waals surface area contributed by atoms with Crippen LogP contribution in [0.5, 0.6) is 0 Å². The first-order valence-corrected chi connectivity index (χ1v) is 5.34. The summed E-state index contributed by atoms with van der Waals surface area (Å²) in [5, 5.41) is 6.61. The van der Waals surface area contributed by atoms with E-state index >= 15 is 0 Å². The Morgan fingerprint density at radius 1 is 1.53 bits per heavy atom. The topological polar surface area (TPSA) is 39.1 Å². The summed E-state index contributed by atoms with van der Waals surface area (Å²) < 4.78 is 30.7. The molecular formula is C10H18ClF2N3O. The largest absolute Gasteiger partial charge is 0.382 e. The van der Waals surface area contributed by atoms with E-state index in [-0.39, 0.29) is 12.4 Å². The molecule has 0 amide bonds. The number of nitrogens with one attached hydrogen (secondary N) is 1. The van der Waals surface area contributed by atoms with Crippen LogP contribution in [0.4, 0.5) is 8.78 Å². The highest BCUT2D eigenvalue weighted by Gasteiger charge is 2.10. The minimum atomic E-state index is -2.57. The van der Waals surface area contributed by atoms with Crippen LogP contribution in [-0.2, 0) is 11.3 Å². The highest BCUT2D eigenvalue weighted by Crippen LogP contribution is 2.11. The number of hydrogen-bond donors (Lipinski definition) is 1. The van der Waals surface area contributed by atoms with Crippen LogP contribution in [0.15, 0.2) is 12.3 Å². The van der Waals surface area contributed by atoms with E-state index in [0.29, 0.717) is 25.5 Å². The standard InChI is InChI=1S/C10H17F2N3O.ClH/c1-2-16-7-3-5-13-8-9-4-6-14-15(9)10(11)12;/h4,6,10,13H,2-3,5,7-8H2,1H3;1H. The summed E-state index contributed by atoms with van der Waals surface area (Å²) in [5.41, 5.74) is 0.492. The lowest BCUT2D eigenvalue weighted by Gasteiger charge is -2.07. The number of hydrogen-bond acceptors (Lipinski definition) is 3. The Balaban J connectivity index is 0.00000256. The van der Waals surface area contributed by atoms with Crippen molar-refractivity contribution < 1.29 is 13.5 Å². The quantitative estimate of drug-likeness (QED) is 0.736. The minimum Gasteiger partial charge on any atom is -0.382 e.